The van der Waals surface area contributed by atoms with Gasteiger partial charge in [0.05, 0.1) is 24.9 Å². The predicted molar refractivity (Wildman–Crippen MR) is 76.7 cm³/mol. The molecule has 19 heavy (non-hydrogen) atoms. The van der Waals surface area contributed by atoms with Crippen LogP contribution >= 0.6 is 15.9 Å². The fourth-order valence-corrected chi connectivity index (χ4v) is 2.48. The van der Waals surface area contributed by atoms with Gasteiger partial charge in [0.1, 0.15) is 5.82 Å². The van der Waals surface area contributed by atoms with Crippen molar-refractivity contribution >= 4 is 15.9 Å². The molecule has 1 fully saturated rings. The summed E-state index contributed by atoms with van der Waals surface area (Å²) in [6, 6.07) is 10.1. The van der Waals surface area contributed by atoms with Crippen LogP contribution in [0.15, 0.2) is 41.0 Å². The average Bonchev–Trinajstić information content (AvgIpc) is 2.48. The summed E-state index contributed by atoms with van der Waals surface area (Å²) >= 11 is 3.48. The van der Waals surface area contributed by atoms with Crippen LogP contribution in [0.1, 0.15) is 11.9 Å². The Labute approximate surface area is 120 Å². The number of halogens is 1. The zero-order valence-corrected chi connectivity index (χ0v) is 11.9. The molecule has 1 saturated heterocycles. The van der Waals surface area contributed by atoms with E-state index in [9.17, 15) is 0 Å². The van der Waals surface area contributed by atoms with Gasteiger partial charge in [-0.2, -0.15) is 0 Å². The number of morpholine rings is 1. The van der Waals surface area contributed by atoms with Crippen LogP contribution in [0.5, 0.6) is 0 Å². The second kappa shape index (κ2) is 5.77. The molecule has 1 aromatic heterocycles. The molecule has 1 atom stereocenters. The Hall–Kier alpha value is -1.30. The number of aromatic nitrogens is 2. The number of benzene rings is 1. The second-order valence-corrected chi connectivity index (χ2v) is 5.31. The first-order valence-electron chi connectivity index (χ1n) is 6.23. The zero-order chi connectivity index (χ0) is 13.1. The molecule has 4 nitrogen and oxygen atoms in total. The Morgan fingerprint density at radius 2 is 2.26 bits per heavy atom. The topological polar surface area (TPSA) is 47.0 Å². The SMILES string of the molecule is Brc1cccc(-c2ccnc(C3COCCN3)n2)c1. The van der Waals surface area contributed by atoms with Crippen molar-refractivity contribution in [2.24, 2.45) is 0 Å². The van der Waals surface area contributed by atoms with E-state index in [1.54, 1.807) is 6.20 Å². The number of nitrogens with zero attached hydrogens (tertiary/aromatic N) is 2. The average molecular weight is 320 g/mol. The van der Waals surface area contributed by atoms with Crippen LogP contribution in [-0.4, -0.2) is 29.7 Å². The van der Waals surface area contributed by atoms with Crippen molar-refractivity contribution in [3.63, 3.8) is 0 Å². The molecule has 1 aromatic carbocycles. The summed E-state index contributed by atoms with van der Waals surface area (Å²) in [7, 11) is 0. The fourth-order valence-electron chi connectivity index (χ4n) is 2.08. The molecule has 5 heteroatoms. The van der Waals surface area contributed by atoms with E-state index >= 15 is 0 Å². The van der Waals surface area contributed by atoms with Gasteiger partial charge < -0.3 is 10.1 Å². The van der Waals surface area contributed by atoms with Crippen molar-refractivity contribution in [2.45, 2.75) is 6.04 Å². The number of rotatable bonds is 2. The molecule has 0 saturated carbocycles. The van der Waals surface area contributed by atoms with Crippen molar-refractivity contribution in [1.29, 1.82) is 0 Å². The molecule has 3 rings (SSSR count). The summed E-state index contributed by atoms with van der Waals surface area (Å²) in [4.78, 5) is 8.98. The molecule has 2 heterocycles. The van der Waals surface area contributed by atoms with Crippen LogP contribution in [0, 0.1) is 0 Å². The van der Waals surface area contributed by atoms with Gasteiger partial charge in [0, 0.05) is 22.8 Å². The van der Waals surface area contributed by atoms with E-state index in [-0.39, 0.29) is 6.04 Å². The first-order chi connectivity index (χ1) is 9.33. The van der Waals surface area contributed by atoms with Crippen LogP contribution < -0.4 is 5.32 Å². The van der Waals surface area contributed by atoms with E-state index in [0.717, 1.165) is 34.7 Å². The van der Waals surface area contributed by atoms with Crippen LogP contribution in [0.25, 0.3) is 11.3 Å². The quantitative estimate of drug-likeness (QED) is 0.924. The van der Waals surface area contributed by atoms with E-state index in [0.29, 0.717) is 6.61 Å². The molecule has 1 aliphatic heterocycles. The lowest BCUT2D eigenvalue weighted by Gasteiger charge is -2.22. The summed E-state index contributed by atoms with van der Waals surface area (Å²) in [6.07, 6.45) is 1.80. The fraction of sp³-hybridized carbons (Fsp3) is 0.286. The van der Waals surface area contributed by atoms with Gasteiger partial charge in [-0.3, -0.25) is 0 Å². The summed E-state index contributed by atoms with van der Waals surface area (Å²) in [5.41, 5.74) is 2.01. The number of hydrogen-bond donors (Lipinski definition) is 1. The van der Waals surface area contributed by atoms with Gasteiger partial charge in [0.15, 0.2) is 0 Å². The third-order valence-electron chi connectivity index (χ3n) is 3.03. The minimum atomic E-state index is 0.0841. The summed E-state index contributed by atoms with van der Waals surface area (Å²) in [5, 5.41) is 3.37. The normalized spacial score (nSPS) is 19.3. The molecule has 98 valence electrons. The third-order valence-corrected chi connectivity index (χ3v) is 3.52. The molecule has 0 aliphatic carbocycles. The van der Waals surface area contributed by atoms with Crippen LogP contribution in [0.4, 0.5) is 0 Å². The van der Waals surface area contributed by atoms with E-state index < -0.39 is 0 Å². The van der Waals surface area contributed by atoms with Crippen LogP contribution in [0.3, 0.4) is 0 Å². The predicted octanol–water partition coefficient (Wildman–Crippen LogP) is 2.57. The number of ether oxygens (including phenoxy) is 1. The monoisotopic (exact) mass is 319 g/mol. The van der Waals surface area contributed by atoms with Crippen molar-refractivity contribution in [3.8, 4) is 11.3 Å². The standard InChI is InChI=1S/C14H14BrN3O/c15-11-3-1-2-10(8-11)12-4-5-17-14(18-12)13-9-19-7-6-16-13/h1-5,8,13,16H,6-7,9H2. The van der Waals surface area contributed by atoms with E-state index in [1.165, 1.54) is 0 Å². The summed E-state index contributed by atoms with van der Waals surface area (Å²) in [6.45, 7) is 2.22. The molecule has 1 aliphatic rings. The highest BCUT2D eigenvalue weighted by atomic mass is 79.9. The Morgan fingerprint density at radius 3 is 3.05 bits per heavy atom. The van der Waals surface area contributed by atoms with E-state index in [4.69, 9.17) is 4.74 Å². The molecule has 0 amide bonds. The smallest absolute Gasteiger partial charge is 0.148 e. The summed E-state index contributed by atoms with van der Waals surface area (Å²) < 4.78 is 6.50. The minimum Gasteiger partial charge on any atom is -0.378 e. The third kappa shape index (κ3) is 3.00. The Morgan fingerprint density at radius 1 is 1.32 bits per heavy atom. The molecule has 1 N–H and O–H groups in total. The maximum absolute atomic E-state index is 5.45. The molecule has 0 radical (unpaired) electrons. The van der Waals surface area contributed by atoms with Gasteiger partial charge in [-0.15, -0.1) is 0 Å². The number of hydrogen-bond acceptors (Lipinski definition) is 4. The Kier molecular flexibility index (Phi) is 3.87. The van der Waals surface area contributed by atoms with Gasteiger partial charge in [-0.05, 0) is 18.2 Å². The maximum atomic E-state index is 5.45. The number of nitrogens with one attached hydrogen (secondary N) is 1. The highest BCUT2D eigenvalue weighted by molar-refractivity contribution is 9.10. The lowest BCUT2D eigenvalue weighted by molar-refractivity contribution is 0.0742. The molecular weight excluding hydrogens is 306 g/mol. The van der Waals surface area contributed by atoms with Crippen molar-refractivity contribution in [3.05, 3.63) is 46.8 Å². The van der Waals surface area contributed by atoms with E-state index in [2.05, 4.69) is 37.3 Å². The lowest BCUT2D eigenvalue weighted by Crippen LogP contribution is -2.35. The van der Waals surface area contributed by atoms with Gasteiger partial charge in [-0.25, -0.2) is 9.97 Å². The van der Waals surface area contributed by atoms with Crippen LogP contribution in [-0.2, 0) is 4.74 Å². The summed E-state index contributed by atoms with van der Waals surface area (Å²) in [5.74, 6) is 0.789. The maximum Gasteiger partial charge on any atom is 0.148 e. The largest absolute Gasteiger partial charge is 0.378 e. The van der Waals surface area contributed by atoms with Crippen LogP contribution in [0.2, 0.25) is 0 Å². The lowest BCUT2D eigenvalue weighted by atomic mass is 10.1. The van der Waals surface area contributed by atoms with Gasteiger partial charge in [0.2, 0.25) is 0 Å². The second-order valence-electron chi connectivity index (χ2n) is 4.39. The Balaban J connectivity index is 1.91. The highest BCUT2D eigenvalue weighted by Gasteiger charge is 2.18. The minimum absolute atomic E-state index is 0.0841. The van der Waals surface area contributed by atoms with Crippen molar-refractivity contribution in [1.82, 2.24) is 15.3 Å². The van der Waals surface area contributed by atoms with Gasteiger partial charge in [0.25, 0.3) is 0 Å². The molecule has 2 aromatic rings. The van der Waals surface area contributed by atoms with Gasteiger partial charge >= 0.3 is 0 Å². The van der Waals surface area contributed by atoms with Gasteiger partial charge in [-0.1, -0.05) is 28.1 Å². The van der Waals surface area contributed by atoms with E-state index in [1.807, 2.05) is 24.3 Å². The first kappa shape index (κ1) is 12.7. The van der Waals surface area contributed by atoms with Crippen molar-refractivity contribution in [2.75, 3.05) is 19.8 Å². The zero-order valence-electron chi connectivity index (χ0n) is 10.3. The van der Waals surface area contributed by atoms with Crippen molar-refractivity contribution < 1.29 is 4.74 Å². The highest BCUT2D eigenvalue weighted by Crippen LogP contribution is 2.22. The molecule has 0 spiro atoms. The molecule has 0 bridgehead atoms. The molecule has 1 unspecified atom stereocenters. The Bertz CT molecular complexity index is 570. The molecular formula is C14H14BrN3O. The first-order valence-corrected chi connectivity index (χ1v) is 7.02.